The number of nitrogens with zero attached hydrogens (tertiary/aromatic N) is 2. The van der Waals surface area contributed by atoms with Crippen molar-refractivity contribution >= 4 is 11.9 Å². The van der Waals surface area contributed by atoms with E-state index in [0.29, 0.717) is 0 Å². The number of carboxylic acid groups (broad SMARTS) is 1. The molecule has 1 aromatic rings. The summed E-state index contributed by atoms with van der Waals surface area (Å²) in [6, 6.07) is 1.18. The van der Waals surface area contributed by atoms with Crippen LogP contribution in [0.2, 0.25) is 0 Å². The van der Waals surface area contributed by atoms with Crippen molar-refractivity contribution in [2.45, 2.75) is 0 Å². The molecule has 1 aromatic heterocycles. The maximum atomic E-state index is 10.5. The second kappa shape index (κ2) is 2.95. The molecule has 1 rings (SSSR count). The number of hydrogen-bond donors (Lipinski definition) is 2. The Balaban J connectivity index is 3.12. The van der Waals surface area contributed by atoms with Gasteiger partial charge in [0.25, 0.3) is 5.91 Å². The maximum absolute atomic E-state index is 10.5. The molecule has 1 heterocycles. The second-order valence-corrected chi connectivity index (χ2v) is 1.93. The summed E-state index contributed by atoms with van der Waals surface area (Å²) in [4.78, 5) is 27.7. The van der Waals surface area contributed by atoms with Gasteiger partial charge in [0, 0.05) is 6.20 Å². The second-order valence-electron chi connectivity index (χ2n) is 1.93. The van der Waals surface area contributed by atoms with E-state index in [1.165, 1.54) is 6.07 Å². The highest BCUT2D eigenvalue weighted by Gasteiger charge is 2.08. The van der Waals surface area contributed by atoms with Crippen molar-refractivity contribution in [2.24, 2.45) is 5.73 Å². The fraction of sp³-hybridized carbons (Fsp3) is 0. The quantitative estimate of drug-likeness (QED) is 0.604. The van der Waals surface area contributed by atoms with Crippen LogP contribution in [-0.4, -0.2) is 27.0 Å². The number of carboxylic acids is 1. The van der Waals surface area contributed by atoms with Crippen LogP contribution in [0.3, 0.4) is 0 Å². The van der Waals surface area contributed by atoms with Crippen molar-refractivity contribution in [2.75, 3.05) is 0 Å². The molecule has 0 atom stereocenters. The van der Waals surface area contributed by atoms with E-state index in [9.17, 15) is 9.59 Å². The molecule has 0 spiro atoms. The first kappa shape index (κ1) is 8.12. The van der Waals surface area contributed by atoms with Crippen molar-refractivity contribution < 1.29 is 14.7 Å². The van der Waals surface area contributed by atoms with Crippen molar-refractivity contribution in [1.29, 1.82) is 0 Å². The van der Waals surface area contributed by atoms with E-state index < -0.39 is 11.9 Å². The van der Waals surface area contributed by atoms with E-state index in [2.05, 4.69) is 9.97 Å². The Kier molecular flexibility index (Phi) is 2.00. The van der Waals surface area contributed by atoms with Gasteiger partial charge in [-0.25, -0.2) is 14.8 Å². The van der Waals surface area contributed by atoms with E-state index >= 15 is 0 Å². The first-order chi connectivity index (χ1) is 5.61. The average molecular weight is 167 g/mol. The number of amides is 1. The number of aromatic carboxylic acids is 1. The molecule has 0 aromatic carbocycles. The number of carbonyl (C=O) groups is 2. The molecule has 0 aliphatic carbocycles. The minimum absolute atomic E-state index is 0.251. The summed E-state index contributed by atoms with van der Waals surface area (Å²) < 4.78 is 0. The Bertz CT molecular complexity index is 307. The largest absolute Gasteiger partial charge is 0.477 e. The topological polar surface area (TPSA) is 106 Å². The number of carbonyl (C=O) groups excluding carboxylic acids is 1. The monoisotopic (exact) mass is 167 g/mol. The summed E-state index contributed by atoms with van der Waals surface area (Å²) in [6.45, 7) is 0. The molecule has 6 nitrogen and oxygen atoms in total. The third kappa shape index (κ3) is 1.54. The van der Waals surface area contributed by atoms with Gasteiger partial charge in [0.15, 0.2) is 5.69 Å². The summed E-state index contributed by atoms with van der Waals surface area (Å²) >= 11 is 0. The van der Waals surface area contributed by atoms with Crippen LogP contribution in [0.1, 0.15) is 21.1 Å². The lowest BCUT2D eigenvalue weighted by Gasteiger charge is -1.94. The first-order valence-electron chi connectivity index (χ1n) is 2.97. The number of nitrogens with two attached hydrogens (primary N) is 1. The molecule has 0 radical (unpaired) electrons. The number of aromatic nitrogens is 2. The Morgan fingerprint density at radius 2 is 2.17 bits per heavy atom. The van der Waals surface area contributed by atoms with Gasteiger partial charge in [-0.2, -0.15) is 0 Å². The zero-order chi connectivity index (χ0) is 9.14. The Hall–Kier alpha value is -1.98. The van der Waals surface area contributed by atoms with E-state index in [0.717, 1.165) is 6.20 Å². The molecule has 3 N–H and O–H groups in total. The molecule has 0 aliphatic rings. The van der Waals surface area contributed by atoms with Crippen LogP contribution in [0.25, 0.3) is 0 Å². The average Bonchev–Trinajstić information content (AvgIpc) is 2.04. The van der Waals surface area contributed by atoms with Gasteiger partial charge >= 0.3 is 5.97 Å². The Labute approximate surface area is 67.1 Å². The van der Waals surface area contributed by atoms with Gasteiger partial charge in [0.1, 0.15) is 0 Å². The lowest BCUT2D eigenvalue weighted by Crippen LogP contribution is -2.17. The normalized spacial score (nSPS) is 9.33. The number of primary amides is 1. The highest BCUT2D eigenvalue weighted by Crippen LogP contribution is 1.94. The molecule has 0 aliphatic heterocycles. The van der Waals surface area contributed by atoms with Crippen LogP contribution >= 0.6 is 0 Å². The Morgan fingerprint density at radius 1 is 1.50 bits per heavy atom. The summed E-state index contributed by atoms with van der Waals surface area (Å²) in [5.41, 5.74) is 4.57. The highest BCUT2D eigenvalue weighted by molar-refractivity contribution is 5.91. The fourth-order valence-electron chi connectivity index (χ4n) is 0.597. The fourth-order valence-corrected chi connectivity index (χ4v) is 0.597. The third-order valence-corrected chi connectivity index (χ3v) is 1.10. The molecule has 0 unspecified atom stereocenters. The maximum Gasteiger partial charge on any atom is 0.354 e. The van der Waals surface area contributed by atoms with E-state index in [1.54, 1.807) is 0 Å². The minimum Gasteiger partial charge on any atom is -0.477 e. The van der Waals surface area contributed by atoms with Crippen LogP contribution in [0.15, 0.2) is 12.3 Å². The van der Waals surface area contributed by atoms with Gasteiger partial charge in [0.05, 0.1) is 0 Å². The number of rotatable bonds is 2. The molecule has 62 valence electrons. The third-order valence-electron chi connectivity index (χ3n) is 1.10. The van der Waals surface area contributed by atoms with Crippen molar-refractivity contribution in [1.82, 2.24) is 9.97 Å². The van der Waals surface area contributed by atoms with E-state index in [-0.39, 0.29) is 11.5 Å². The van der Waals surface area contributed by atoms with Crippen LogP contribution in [0.5, 0.6) is 0 Å². The van der Waals surface area contributed by atoms with E-state index in [1.807, 2.05) is 0 Å². The lowest BCUT2D eigenvalue weighted by molar-refractivity contribution is 0.0690. The van der Waals surface area contributed by atoms with Gasteiger partial charge in [-0.3, -0.25) is 4.79 Å². The van der Waals surface area contributed by atoms with Crippen molar-refractivity contribution in [3.63, 3.8) is 0 Å². The van der Waals surface area contributed by atoms with Gasteiger partial charge in [-0.15, -0.1) is 0 Å². The number of hydrogen-bond acceptors (Lipinski definition) is 4. The van der Waals surface area contributed by atoms with E-state index in [4.69, 9.17) is 10.8 Å². The predicted molar refractivity (Wildman–Crippen MR) is 37.5 cm³/mol. The van der Waals surface area contributed by atoms with Gasteiger partial charge in [-0.1, -0.05) is 0 Å². The molecular weight excluding hydrogens is 162 g/mol. The molecule has 0 saturated heterocycles. The molecule has 1 amide bonds. The zero-order valence-corrected chi connectivity index (χ0v) is 5.89. The lowest BCUT2D eigenvalue weighted by atomic mass is 10.4. The zero-order valence-electron chi connectivity index (χ0n) is 5.89. The van der Waals surface area contributed by atoms with Crippen LogP contribution < -0.4 is 5.73 Å². The molecule has 6 heteroatoms. The molecule has 0 saturated carbocycles. The smallest absolute Gasteiger partial charge is 0.354 e. The minimum atomic E-state index is -1.22. The Morgan fingerprint density at radius 3 is 2.67 bits per heavy atom. The first-order valence-corrected chi connectivity index (χ1v) is 2.97. The SMILES string of the molecule is NC(=O)c1nccc(C(=O)O)n1. The molecule has 0 fully saturated rings. The van der Waals surface area contributed by atoms with Crippen LogP contribution in [0, 0.1) is 0 Å². The summed E-state index contributed by atoms with van der Waals surface area (Å²) in [5.74, 6) is -2.37. The molecule has 0 bridgehead atoms. The standard InChI is InChI=1S/C6H5N3O3/c7-4(10)5-8-2-1-3(9-5)6(11)12/h1-2H,(H2,7,10)(H,11,12). The van der Waals surface area contributed by atoms with Crippen molar-refractivity contribution in [3.8, 4) is 0 Å². The van der Waals surface area contributed by atoms with Gasteiger partial charge < -0.3 is 10.8 Å². The summed E-state index contributed by atoms with van der Waals surface area (Å²) in [7, 11) is 0. The summed E-state index contributed by atoms with van der Waals surface area (Å²) in [5, 5.41) is 8.45. The highest BCUT2D eigenvalue weighted by atomic mass is 16.4. The van der Waals surface area contributed by atoms with Crippen LogP contribution in [-0.2, 0) is 0 Å². The van der Waals surface area contributed by atoms with Gasteiger partial charge in [-0.05, 0) is 6.07 Å². The predicted octanol–water partition coefficient (Wildman–Crippen LogP) is -0.726. The van der Waals surface area contributed by atoms with Gasteiger partial charge in [0.2, 0.25) is 5.82 Å². The molecular formula is C6H5N3O3. The van der Waals surface area contributed by atoms with Crippen LogP contribution in [0.4, 0.5) is 0 Å². The summed E-state index contributed by atoms with van der Waals surface area (Å²) in [6.07, 6.45) is 1.16. The molecule has 12 heavy (non-hydrogen) atoms. The van der Waals surface area contributed by atoms with Crippen molar-refractivity contribution in [3.05, 3.63) is 23.8 Å².